The quantitative estimate of drug-likeness (QED) is 0.285. The van der Waals surface area contributed by atoms with E-state index in [1.165, 1.54) is 4.90 Å². The van der Waals surface area contributed by atoms with E-state index in [0.29, 0.717) is 28.7 Å². The number of alkyl halides is 1. The van der Waals surface area contributed by atoms with Gasteiger partial charge in [0.1, 0.15) is 0 Å². The molecule has 0 radical (unpaired) electrons. The van der Waals surface area contributed by atoms with Gasteiger partial charge in [-0.05, 0) is 35.5 Å². The van der Waals surface area contributed by atoms with Crippen LogP contribution in [-0.4, -0.2) is 27.7 Å². The molecule has 0 bridgehead atoms. The van der Waals surface area contributed by atoms with Crippen molar-refractivity contribution in [3.8, 4) is 0 Å². The van der Waals surface area contributed by atoms with Crippen LogP contribution in [0.5, 0.6) is 0 Å². The van der Waals surface area contributed by atoms with Crippen LogP contribution in [0.3, 0.4) is 0 Å². The number of nitrogens with zero attached hydrogens (tertiary/aromatic N) is 1. The van der Waals surface area contributed by atoms with Crippen molar-refractivity contribution in [3.05, 3.63) is 41.5 Å². The minimum Gasteiger partial charge on any atom is -0.398 e. The molecule has 0 fully saturated rings. The van der Waals surface area contributed by atoms with Gasteiger partial charge in [0.25, 0.3) is 11.8 Å². The number of imide groups is 1. The van der Waals surface area contributed by atoms with E-state index in [0.717, 1.165) is 22.7 Å². The summed E-state index contributed by atoms with van der Waals surface area (Å²) in [6, 6.07) is 8.89. The first kappa shape index (κ1) is 14.3. The van der Waals surface area contributed by atoms with Crippen LogP contribution in [0.25, 0.3) is 10.8 Å². The Kier molecular flexibility index (Phi) is 3.84. The zero-order valence-electron chi connectivity index (χ0n) is 11.4. The van der Waals surface area contributed by atoms with Crippen LogP contribution < -0.4 is 5.73 Å². The summed E-state index contributed by atoms with van der Waals surface area (Å²) in [5.74, 6) is -0.422. The molecular formula is C16H15IN2O2. The van der Waals surface area contributed by atoms with Gasteiger partial charge >= 0.3 is 0 Å². The lowest BCUT2D eigenvalue weighted by Crippen LogP contribution is -2.40. The molecule has 0 spiro atoms. The van der Waals surface area contributed by atoms with E-state index in [9.17, 15) is 9.59 Å². The number of hydrogen-bond donors (Lipinski definition) is 1. The van der Waals surface area contributed by atoms with Gasteiger partial charge in [-0.3, -0.25) is 14.5 Å². The maximum atomic E-state index is 12.6. The summed E-state index contributed by atoms with van der Waals surface area (Å²) < 4.78 is 1.02. The molecule has 0 atom stereocenters. The van der Waals surface area contributed by atoms with E-state index < -0.39 is 0 Å². The third-order valence-electron chi connectivity index (χ3n) is 3.79. The highest BCUT2D eigenvalue weighted by Crippen LogP contribution is 2.33. The van der Waals surface area contributed by atoms with E-state index >= 15 is 0 Å². The number of carbonyl (C=O) groups is 2. The maximum Gasteiger partial charge on any atom is 0.261 e. The first-order chi connectivity index (χ1) is 10.1. The monoisotopic (exact) mass is 394 g/mol. The molecule has 5 heteroatoms. The molecule has 0 saturated carbocycles. The molecule has 1 aliphatic heterocycles. The number of nitrogen functional groups attached to an aromatic ring is 1. The Labute approximate surface area is 136 Å². The molecule has 2 amide bonds. The lowest BCUT2D eigenvalue weighted by Gasteiger charge is -2.27. The van der Waals surface area contributed by atoms with Gasteiger partial charge < -0.3 is 5.73 Å². The Morgan fingerprint density at radius 3 is 2.43 bits per heavy atom. The highest BCUT2D eigenvalue weighted by atomic mass is 127. The predicted molar refractivity (Wildman–Crippen MR) is 91.8 cm³/mol. The average molecular weight is 394 g/mol. The maximum absolute atomic E-state index is 12.6. The lowest BCUT2D eigenvalue weighted by atomic mass is 9.93. The van der Waals surface area contributed by atoms with Crippen LogP contribution in [-0.2, 0) is 0 Å². The van der Waals surface area contributed by atoms with Crippen LogP contribution >= 0.6 is 22.6 Å². The zero-order chi connectivity index (χ0) is 15.0. The zero-order valence-corrected chi connectivity index (χ0v) is 13.6. The van der Waals surface area contributed by atoms with Crippen molar-refractivity contribution in [1.82, 2.24) is 4.90 Å². The predicted octanol–water partition coefficient (Wildman–Crippen LogP) is 3.23. The fraction of sp³-hybridized carbons (Fsp3) is 0.250. The summed E-state index contributed by atoms with van der Waals surface area (Å²) in [6.07, 6.45) is 1.83. The summed E-state index contributed by atoms with van der Waals surface area (Å²) in [7, 11) is 0. The molecular weight excluding hydrogens is 379 g/mol. The van der Waals surface area contributed by atoms with Gasteiger partial charge in [-0.25, -0.2) is 0 Å². The van der Waals surface area contributed by atoms with Crippen LogP contribution in [0, 0.1) is 0 Å². The minimum atomic E-state index is -0.211. The van der Waals surface area contributed by atoms with Crippen LogP contribution in [0.15, 0.2) is 30.3 Å². The minimum absolute atomic E-state index is 0.211. The summed E-state index contributed by atoms with van der Waals surface area (Å²) in [6.45, 7) is 0.473. The first-order valence-electron chi connectivity index (χ1n) is 6.88. The average Bonchev–Trinajstić information content (AvgIpc) is 2.49. The Bertz CT molecular complexity index is 720. The molecule has 2 aromatic rings. The fourth-order valence-corrected chi connectivity index (χ4v) is 3.28. The fourth-order valence-electron chi connectivity index (χ4n) is 2.74. The van der Waals surface area contributed by atoms with Gasteiger partial charge in [-0.2, -0.15) is 0 Å². The molecule has 1 aliphatic rings. The third-order valence-corrected chi connectivity index (χ3v) is 4.55. The van der Waals surface area contributed by atoms with Gasteiger partial charge in [0.15, 0.2) is 0 Å². The second-order valence-corrected chi connectivity index (χ2v) is 6.17. The Morgan fingerprint density at radius 1 is 1.00 bits per heavy atom. The Hall–Kier alpha value is -1.63. The number of rotatable bonds is 4. The molecule has 21 heavy (non-hydrogen) atoms. The van der Waals surface area contributed by atoms with Crippen molar-refractivity contribution in [2.45, 2.75) is 12.8 Å². The molecule has 4 nitrogen and oxygen atoms in total. The number of hydrogen-bond acceptors (Lipinski definition) is 3. The van der Waals surface area contributed by atoms with E-state index in [2.05, 4.69) is 22.6 Å². The van der Waals surface area contributed by atoms with Crippen LogP contribution in [0.4, 0.5) is 5.69 Å². The van der Waals surface area contributed by atoms with E-state index in [4.69, 9.17) is 5.73 Å². The topological polar surface area (TPSA) is 63.4 Å². The summed E-state index contributed by atoms with van der Waals surface area (Å²) >= 11 is 2.30. The van der Waals surface area contributed by atoms with E-state index in [1.54, 1.807) is 18.2 Å². The van der Waals surface area contributed by atoms with Gasteiger partial charge in [0.2, 0.25) is 0 Å². The molecule has 108 valence electrons. The second-order valence-electron chi connectivity index (χ2n) is 5.09. The lowest BCUT2D eigenvalue weighted by molar-refractivity contribution is 0.0609. The number of carbonyl (C=O) groups excluding carboxylic acids is 2. The number of benzene rings is 2. The van der Waals surface area contributed by atoms with Gasteiger partial charge in [0, 0.05) is 34.1 Å². The highest BCUT2D eigenvalue weighted by Gasteiger charge is 2.32. The van der Waals surface area contributed by atoms with Crippen molar-refractivity contribution >= 4 is 50.9 Å². The van der Waals surface area contributed by atoms with Crippen molar-refractivity contribution in [1.29, 1.82) is 0 Å². The SMILES string of the molecule is Nc1ccc2c3c(cccc13)C(=O)N(CCCCI)C2=O. The van der Waals surface area contributed by atoms with Crippen LogP contribution in [0.2, 0.25) is 0 Å². The molecule has 0 aromatic heterocycles. The third kappa shape index (κ3) is 2.29. The van der Waals surface area contributed by atoms with Crippen molar-refractivity contribution in [2.24, 2.45) is 0 Å². The standard InChI is InChI=1S/C16H15IN2O2/c17-8-1-2-9-19-15(20)11-5-3-4-10-13(18)7-6-12(14(10)11)16(19)21/h3-7H,1-2,8-9,18H2. The molecule has 0 unspecified atom stereocenters. The smallest absolute Gasteiger partial charge is 0.261 e. The van der Waals surface area contributed by atoms with Crippen LogP contribution in [0.1, 0.15) is 33.6 Å². The van der Waals surface area contributed by atoms with Crippen molar-refractivity contribution in [2.75, 3.05) is 16.7 Å². The molecule has 1 heterocycles. The number of unbranched alkanes of at least 4 members (excludes halogenated alkanes) is 1. The second kappa shape index (κ2) is 5.63. The summed E-state index contributed by atoms with van der Waals surface area (Å²) in [5.41, 5.74) is 7.70. The molecule has 2 N–H and O–H groups in total. The normalized spacial score (nSPS) is 14.0. The van der Waals surface area contributed by atoms with Gasteiger partial charge in [-0.15, -0.1) is 0 Å². The number of nitrogens with two attached hydrogens (primary N) is 1. The van der Waals surface area contributed by atoms with E-state index in [1.807, 2.05) is 12.1 Å². The number of halogens is 1. The number of anilines is 1. The first-order valence-corrected chi connectivity index (χ1v) is 8.41. The van der Waals surface area contributed by atoms with Crippen molar-refractivity contribution in [3.63, 3.8) is 0 Å². The molecule has 3 rings (SSSR count). The highest BCUT2D eigenvalue weighted by molar-refractivity contribution is 14.1. The largest absolute Gasteiger partial charge is 0.398 e. The number of amides is 2. The molecule has 0 aliphatic carbocycles. The van der Waals surface area contributed by atoms with Gasteiger partial charge in [-0.1, -0.05) is 34.7 Å². The Balaban J connectivity index is 2.11. The van der Waals surface area contributed by atoms with Gasteiger partial charge in [0.05, 0.1) is 0 Å². The van der Waals surface area contributed by atoms with Crippen molar-refractivity contribution < 1.29 is 9.59 Å². The summed E-state index contributed by atoms with van der Waals surface area (Å²) in [5, 5.41) is 1.47. The van der Waals surface area contributed by atoms with E-state index in [-0.39, 0.29) is 11.8 Å². The Morgan fingerprint density at radius 2 is 1.71 bits per heavy atom. The summed E-state index contributed by atoms with van der Waals surface area (Å²) in [4.78, 5) is 26.5. The molecule has 2 aromatic carbocycles. The molecule has 0 saturated heterocycles.